The minimum atomic E-state index is 0.394. The van der Waals surface area contributed by atoms with Gasteiger partial charge in [0.05, 0.1) is 18.3 Å². The van der Waals surface area contributed by atoms with Gasteiger partial charge in [0.1, 0.15) is 10.7 Å². The van der Waals surface area contributed by atoms with Crippen LogP contribution >= 0.6 is 11.6 Å². The van der Waals surface area contributed by atoms with Crippen molar-refractivity contribution in [3.05, 3.63) is 23.5 Å². The number of ether oxygens (including phenoxy) is 1. The standard InChI is InChI=1S/C11H12ClN3O/c1-2-3-6-16-11-13-7-9-8(15-11)4-5-10(12)14-9/h4-5,7H,2-3,6H2,1H3. The minimum absolute atomic E-state index is 0.394. The Balaban J connectivity index is 2.20. The third-order valence-electron chi connectivity index (χ3n) is 2.11. The molecule has 2 rings (SSSR count). The molecule has 4 nitrogen and oxygen atoms in total. The molecule has 0 spiro atoms. The average molecular weight is 238 g/mol. The van der Waals surface area contributed by atoms with Gasteiger partial charge in [-0.25, -0.2) is 9.97 Å². The topological polar surface area (TPSA) is 47.9 Å². The Labute approximate surface area is 98.6 Å². The summed E-state index contributed by atoms with van der Waals surface area (Å²) in [5.74, 6) is 0. The first kappa shape index (κ1) is 11.1. The van der Waals surface area contributed by atoms with Crippen LogP contribution in [0.5, 0.6) is 6.01 Å². The van der Waals surface area contributed by atoms with E-state index in [0.29, 0.717) is 23.3 Å². The van der Waals surface area contributed by atoms with Gasteiger partial charge in [0.15, 0.2) is 0 Å². The molecule has 16 heavy (non-hydrogen) atoms. The maximum absolute atomic E-state index is 5.76. The highest BCUT2D eigenvalue weighted by molar-refractivity contribution is 6.29. The summed E-state index contributed by atoms with van der Waals surface area (Å²) in [7, 11) is 0. The third-order valence-corrected chi connectivity index (χ3v) is 2.32. The van der Waals surface area contributed by atoms with Crippen LogP contribution in [0.25, 0.3) is 11.0 Å². The molecule has 0 amide bonds. The molecule has 0 aliphatic carbocycles. The van der Waals surface area contributed by atoms with Crippen LogP contribution in [0.2, 0.25) is 5.15 Å². The predicted molar refractivity (Wildman–Crippen MR) is 62.7 cm³/mol. The van der Waals surface area contributed by atoms with Crippen LogP contribution in [0.4, 0.5) is 0 Å². The van der Waals surface area contributed by atoms with Crippen molar-refractivity contribution in [2.75, 3.05) is 6.61 Å². The highest BCUT2D eigenvalue weighted by atomic mass is 35.5. The molecular weight excluding hydrogens is 226 g/mol. The fourth-order valence-corrected chi connectivity index (χ4v) is 1.41. The molecular formula is C11H12ClN3O. The van der Waals surface area contributed by atoms with Crippen molar-refractivity contribution in [1.82, 2.24) is 15.0 Å². The number of unbranched alkanes of at least 4 members (excludes halogenated alkanes) is 1. The van der Waals surface area contributed by atoms with Crippen LogP contribution in [0.15, 0.2) is 18.3 Å². The van der Waals surface area contributed by atoms with Crippen molar-refractivity contribution in [2.45, 2.75) is 19.8 Å². The molecule has 0 unspecified atom stereocenters. The van der Waals surface area contributed by atoms with E-state index in [1.165, 1.54) is 0 Å². The van der Waals surface area contributed by atoms with Crippen molar-refractivity contribution in [2.24, 2.45) is 0 Å². The van der Waals surface area contributed by atoms with E-state index in [1.54, 1.807) is 18.3 Å². The van der Waals surface area contributed by atoms with Gasteiger partial charge in [-0.2, -0.15) is 4.98 Å². The van der Waals surface area contributed by atoms with Crippen LogP contribution in [0.3, 0.4) is 0 Å². The van der Waals surface area contributed by atoms with Crippen molar-refractivity contribution >= 4 is 22.6 Å². The van der Waals surface area contributed by atoms with Gasteiger partial charge >= 0.3 is 6.01 Å². The van der Waals surface area contributed by atoms with E-state index >= 15 is 0 Å². The van der Waals surface area contributed by atoms with E-state index in [1.807, 2.05) is 0 Å². The maximum atomic E-state index is 5.76. The van der Waals surface area contributed by atoms with Crippen LogP contribution in [-0.4, -0.2) is 21.6 Å². The molecule has 0 bridgehead atoms. The predicted octanol–water partition coefficient (Wildman–Crippen LogP) is 2.86. The van der Waals surface area contributed by atoms with Gasteiger partial charge in [0, 0.05) is 0 Å². The Bertz CT molecular complexity index is 490. The summed E-state index contributed by atoms with van der Waals surface area (Å²) in [5, 5.41) is 0.441. The molecule has 2 aromatic rings. The lowest BCUT2D eigenvalue weighted by Crippen LogP contribution is -2.00. The van der Waals surface area contributed by atoms with Gasteiger partial charge in [0.25, 0.3) is 0 Å². The molecule has 0 N–H and O–H groups in total. The zero-order chi connectivity index (χ0) is 11.4. The van der Waals surface area contributed by atoms with E-state index in [-0.39, 0.29) is 0 Å². The Morgan fingerprint density at radius 2 is 2.12 bits per heavy atom. The molecule has 2 aromatic heterocycles. The number of rotatable bonds is 4. The first-order valence-corrected chi connectivity index (χ1v) is 5.59. The molecule has 5 heteroatoms. The van der Waals surface area contributed by atoms with Gasteiger partial charge in [-0.1, -0.05) is 24.9 Å². The second-order valence-corrected chi connectivity index (χ2v) is 3.78. The van der Waals surface area contributed by atoms with E-state index in [0.717, 1.165) is 18.4 Å². The Morgan fingerprint density at radius 1 is 1.25 bits per heavy atom. The molecule has 0 saturated carbocycles. The van der Waals surface area contributed by atoms with Crippen molar-refractivity contribution < 1.29 is 4.74 Å². The second kappa shape index (κ2) is 5.07. The Kier molecular flexibility index (Phi) is 3.51. The minimum Gasteiger partial charge on any atom is -0.463 e. The lowest BCUT2D eigenvalue weighted by atomic mass is 10.4. The Morgan fingerprint density at radius 3 is 2.94 bits per heavy atom. The highest BCUT2D eigenvalue weighted by Crippen LogP contribution is 2.14. The second-order valence-electron chi connectivity index (χ2n) is 3.39. The molecule has 2 heterocycles. The van der Waals surface area contributed by atoms with E-state index in [4.69, 9.17) is 16.3 Å². The molecule has 0 radical (unpaired) electrons. The lowest BCUT2D eigenvalue weighted by Gasteiger charge is -2.03. The highest BCUT2D eigenvalue weighted by Gasteiger charge is 2.02. The zero-order valence-electron chi connectivity index (χ0n) is 8.98. The summed E-state index contributed by atoms with van der Waals surface area (Å²) in [4.78, 5) is 12.4. The SMILES string of the molecule is CCCCOc1ncc2nc(Cl)ccc2n1. The molecule has 0 aliphatic rings. The van der Waals surface area contributed by atoms with E-state index in [9.17, 15) is 0 Å². The molecule has 0 aromatic carbocycles. The summed E-state index contributed by atoms with van der Waals surface area (Å²) < 4.78 is 5.40. The van der Waals surface area contributed by atoms with Crippen LogP contribution in [-0.2, 0) is 0 Å². The maximum Gasteiger partial charge on any atom is 0.317 e. The fourth-order valence-electron chi connectivity index (χ4n) is 1.26. The molecule has 0 aliphatic heterocycles. The van der Waals surface area contributed by atoms with Gasteiger partial charge in [-0.3, -0.25) is 0 Å². The zero-order valence-corrected chi connectivity index (χ0v) is 9.74. The smallest absolute Gasteiger partial charge is 0.317 e. The molecule has 0 fully saturated rings. The Hall–Kier alpha value is -1.42. The van der Waals surface area contributed by atoms with Crippen molar-refractivity contribution in [3.63, 3.8) is 0 Å². The fraction of sp³-hybridized carbons (Fsp3) is 0.364. The summed E-state index contributed by atoms with van der Waals surface area (Å²) in [6.07, 6.45) is 3.71. The number of hydrogen-bond donors (Lipinski definition) is 0. The quantitative estimate of drug-likeness (QED) is 0.606. The first-order chi connectivity index (χ1) is 7.79. The number of aromatic nitrogens is 3. The number of pyridine rings is 1. The third kappa shape index (κ3) is 2.58. The van der Waals surface area contributed by atoms with Crippen LogP contribution < -0.4 is 4.74 Å². The number of hydrogen-bond acceptors (Lipinski definition) is 4. The number of fused-ring (bicyclic) bond motifs is 1. The van der Waals surface area contributed by atoms with Gasteiger partial charge in [-0.05, 0) is 18.6 Å². The van der Waals surface area contributed by atoms with E-state index in [2.05, 4.69) is 21.9 Å². The summed E-state index contributed by atoms with van der Waals surface area (Å²) in [6.45, 7) is 2.75. The van der Waals surface area contributed by atoms with Gasteiger partial charge < -0.3 is 4.74 Å². The molecule has 84 valence electrons. The molecule has 0 atom stereocenters. The van der Waals surface area contributed by atoms with Gasteiger partial charge in [-0.15, -0.1) is 0 Å². The van der Waals surface area contributed by atoms with Gasteiger partial charge in [0.2, 0.25) is 0 Å². The number of halogens is 1. The molecule has 0 saturated heterocycles. The lowest BCUT2D eigenvalue weighted by molar-refractivity contribution is 0.286. The summed E-state index contributed by atoms with van der Waals surface area (Å²) in [5.41, 5.74) is 1.42. The summed E-state index contributed by atoms with van der Waals surface area (Å²) >= 11 is 5.76. The van der Waals surface area contributed by atoms with E-state index < -0.39 is 0 Å². The average Bonchev–Trinajstić information content (AvgIpc) is 2.29. The van der Waals surface area contributed by atoms with Crippen molar-refractivity contribution in [3.8, 4) is 6.01 Å². The summed E-state index contributed by atoms with van der Waals surface area (Å²) in [6, 6.07) is 3.90. The monoisotopic (exact) mass is 237 g/mol. The number of nitrogens with zero attached hydrogens (tertiary/aromatic N) is 3. The normalized spacial score (nSPS) is 10.6. The largest absolute Gasteiger partial charge is 0.463 e. The van der Waals surface area contributed by atoms with Crippen molar-refractivity contribution in [1.29, 1.82) is 0 Å². The first-order valence-electron chi connectivity index (χ1n) is 5.21. The van der Waals surface area contributed by atoms with Crippen LogP contribution in [0, 0.1) is 0 Å². The van der Waals surface area contributed by atoms with Crippen LogP contribution in [0.1, 0.15) is 19.8 Å².